The molecule has 0 heterocycles. The number of ether oxygens (including phenoxy) is 1. The lowest BCUT2D eigenvalue weighted by atomic mass is 10.0. The first-order valence-corrected chi connectivity index (χ1v) is 6.35. The second kappa shape index (κ2) is 5.91. The van der Waals surface area contributed by atoms with Crippen LogP contribution in [0.25, 0.3) is 0 Å². The predicted octanol–water partition coefficient (Wildman–Crippen LogP) is 2.82. The monoisotopic (exact) mass is 258 g/mol. The molecule has 0 aliphatic heterocycles. The highest BCUT2D eigenvalue weighted by molar-refractivity contribution is 7.98. The molecule has 0 aliphatic carbocycles. The molecule has 0 aliphatic rings. The summed E-state index contributed by atoms with van der Waals surface area (Å²) in [6.45, 7) is 1.56. The Balaban J connectivity index is 3.06. The molecule has 0 spiro atoms. The molecule has 1 unspecified atom stereocenters. The second-order valence-electron chi connectivity index (χ2n) is 3.72. The fourth-order valence-electron chi connectivity index (χ4n) is 1.50. The largest absolute Gasteiger partial charge is 0.495 e. The van der Waals surface area contributed by atoms with E-state index >= 15 is 0 Å². The Labute approximate surface area is 104 Å². The van der Waals surface area contributed by atoms with E-state index in [4.69, 9.17) is 9.84 Å². The van der Waals surface area contributed by atoms with E-state index in [0.717, 1.165) is 0 Å². The van der Waals surface area contributed by atoms with E-state index in [1.54, 1.807) is 25.3 Å². The van der Waals surface area contributed by atoms with Gasteiger partial charge in [-0.05, 0) is 24.3 Å². The highest BCUT2D eigenvalue weighted by atomic mass is 32.2. The summed E-state index contributed by atoms with van der Waals surface area (Å²) in [6.07, 6.45) is 1.93. The van der Waals surface area contributed by atoms with E-state index in [0.29, 0.717) is 16.2 Å². The number of thioether (sulfide) groups is 1. The number of hydrogen-bond acceptors (Lipinski definition) is 3. The van der Waals surface area contributed by atoms with Crippen LogP contribution in [0.15, 0.2) is 17.0 Å². The van der Waals surface area contributed by atoms with Gasteiger partial charge in [-0.1, -0.05) is 13.0 Å². The van der Waals surface area contributed by atoms with E-state index < -0.39 is 11.9 Å². The lowest BCUT2D eigenvalue weighted by molar-refractivity contribution is -0.141. The van der Waals surface area contributed by atoms with Gasteiger partial charge in [-0.3, -0.25) is 4.79 Å². The zero-order chi connectivity index (χ0) is 13.0. The van der Waals surface area contributed by atoms with Crippen LogP contribution in [-0.4, -0.2) is 24.4 Å². The van der Waals surface area contributed by atoms with Gasteiger partial charge in [0.2, 0.25) is 0 Å². The standard InChI is InChI=1S/C12H15FO3S/c1-7(12(14)15)6-8-4-5-9(16-2)11(17-3)10(8)13/h4-5,7H,6H2,1-3H3,(H,14,15). The number of carbonyl (C=O) groups is 1. The van der Waals surface area contributed by atoms with Crippen LogP contribution in [0.4, 0.5) is 4.39 Å². The average molecular weight is 258 g/mol. The lowest BCUT2D eigenvalue weighted by Gasteiger charge is -2.12. The third-order valence-corrected chi connectivity index (χ3v) is 3.30. The van der Waals surface area contributed by atoms with Gasteiger partial charge < -0.3 is 9.84 Å². The molecule has 1 aromatic rings. The van der Waals surface area contributed by atoms with Crippen LogP contribution in [0.3, 0.4) is 0 Å². The first-order valence-electron chi connectivity index (χ1n) is 5.13. The number of hydrogen-bond donors (Lipinski definition) is 1. The highest BCUT2D eigenvalue weighted by Crippen LogP contribution is 2.32. The normalized spacial score (nSPS) is 12.2. The fourth-order valence-corrected chi connectivity index (χ4v) is 2.17. The summed E-state index contributed by atoms with van der Waals surface area (Å²) in [5.74, 6) is -1.44. The minimum absolute atomic E-state index is 0.179. The molecule has 0 amide bonds. The van der Waals surface area contributed by atoms with Crippen molar-refractivity contribution in [2.45, 2.75) is 18.2 Å². The fraction of sp³-hybridized carbons (Fsp3) is 0.417. The van der Waals surface area contributed by atoms with E-state index in [9.17, 15) is 9.18 Å². The summed E-state index contributed by atoms with van der Waals surface area (Å²) < 4.78 is 19.1. The van der Waals surface area contributed by atoms with Crippen LogP contribution in [0.2, 0.25) is 0 Å². The van der Waals surface area contributed by atoms with Crippen molar-refractivity contribution in [2.24, 2.45) is 5.92 Å². The predicted molar refractivity (Wildman–Crippen MR) is 65.2 cm³/mol. The topological polar surface area (TPSA) is 46.5 Å². The zero-order valence-electron chi connectivity index (χ0n) is 9.99. The van der Waals surface area contributed by atoms with Crippen molar-refractivity contribution in [3.63, 3.8) is 0 Å². The smallest absolute Gasteiger partial charge is 0.306 e. The molecular weight excluding hydrogens is 243 g/mol. The Morgan fingerprint density at radius 3 is 2.71 bits per heavy atom. The van der Waals surface area contributed by atoms with Crippen LogP contribution in [0.5, 0.6) is 5.75 Å². The number of carboxylic acids is 1. The molecule has 3 nitrogen and oxygen atoms in total. The van der Waals surface area contributed by atoms with Gasteiger partial charge in [0.25, 0.3) is 0 Å². The zero-order valence-corrected chi connectivity index (χ0v) is 10.8. The average Bonchev–Trinajstić information content (AvgIpc) is 2.31. The van der Waals surface area contributed by atoms with Crippen molar-refractivity contribution < 1.29 is 19.0 Å². The maximum Gasteiger partial charge on any atom is 0.306 e. The summed E-state index contributed by atoms with van der Waals surface area (Å²) in [7, 11) is 1.48. The summed E-state index contributed by atoms with van der Waals surface area (Å²) in [5, 5.41) is 8.81. The minimum atomic E-state index is -0.925. The van der Waals surface area contributed by atoms with Crippen molar-refractivity contribution in [2.75, 3.05) is 13.4 Å². The number of carboxylic acid groups (broad SMARTS) is 1. The Morgan fingerprint density at radius 1 is 1.59 bits per heavy atom. The number of halogens is 1. The van der Waals surface area contributed by atoms with Crippen LogP contribution < -0.4 is 4.74 Å². The molecule has 1 aromatic carbocycles. The third kappa shape index (κ3) is 3.12. The highest BCUT2D eigenvalue weighted by Gasteiger charge is 2.18. The van der Waals surface area contributed by atoms with Gasteiger partial charge in [0.15, 0.2) is 0 Å². The van der Waals surface area contributed by atoms with Crippen LogP contribution in [0.1, 0.15) is 12.5 Å². The van der Waals surface area contributed by atoms with Crippen molar-refractivity contribution in [3.8, 4) is 5.75 Å². The first-order chi connectivity index (χ1) is 8.01. The van der Waals surface area contributed by atoms with Crippen molar-refractivity contribution in [1.82, 2.24) is 0 Å². The molecular formula is C12H15FO3S. The maximum absolute atomic E-state index is 14.1. The van der Waals surface area contributed by atoms with Crippen molar-refractivity contribution in [1.29, 1.82) is 0 Å². The maximum atomic E-state index is 14.1. The SMILES string of the molecule is COc1ccc(CC(C)C(=O)O)c(F)c1SC. The third-order valence-electron chi connectivity index (χ3n) is 2.51. The van der Waals surface area contributed by atoms with Crippen molar-refractivity contribution in [3.05, 3.63) is 23.5 Å². The van der Waals surface area contributed by atoms with Crippen LogP contribution >= 0.6 is 11.8 Å². The number of aliphatic carboxylic acids is 1. The van der Waals surface area contributed by atoms with Gasteiger partial charge >= 0.3 is 5.97 Å². The van der Waals surface area contributed by atoms with Gasteiger partial charge in [0.1, 0.15) is 11.6 Å². The molecule has 1 rings (SSSR count). The minimum Gasteiger partial charge on any atom is -0.495 e. The van der Waals surface area contributed by atoms with Crippen molar-refractivity contribution >= 4 is 17.7 Å². The summed E-state index contributed by atoms with van der Waals surface area (Å²) in [5.41, 5.74) is 0.407. The molecule has 0 radical (unpaired) electrons. The number of benzene rings is 1. The molecule has 0 fully saturated rings. The Hall–Kier alpha value is -1.23. The molecule has 5 heteroatoms. The number of rotatable bonds is 5. The molecule has 0 saturated carbocycles. The van der Waals surface area contributed by atoms with Crippen LogP contribution in [-0.2, 0) is 11.2 Å². The van der Waals surface area contributed by atoms with Gasteiger partial charge in [-0.2, -0.15) is 0 Å². The van der Waals surface area contributed by atoms with E-state index in [1.165, 1.54) is 18.9 Å². The molecule has 1 atom stereocenters. The van der Waals surface area contributed by atoms with E-state index in [2.05, 4.69) is 0 Å². The molecule has 0 aromatic heterocycles. The summed E-state index contributed by atoms with van der Waals surface area (Å²) in [6, 6.07) is 3.24. The van der Waals surface area contributed by atoms with Crippen LogP contribution in [0, 0.1) is 11.7 Å². The molecule has 1 N–H and O–H groups in total. The van der Waals surface area contributed by atoms with E-state index in [-0.39, 0.29) is 12.2 Å². The van der Waals surface area contributed by atoms with Gasteiger partial charge in [-0.15, -0.1) is 11.8 Å². The quantitative estimate of drug-likeness (QED) is 0.825. The summed E-state index contributed by atoms with van der Waals surface area (Å²) in [4.78, 5) is 11.2. The Bertz CT molecular complexity index is 420. The molecule has 17 heavy (non-hydrogen) atoms. The van der Waals surface area contributed by atoms with Gasteiger partial charge in [0, 0.05) is 0 Å². The second-order valence-corrected chi connectivity index (χ2v) is 4.53. The molecule has 0 saturated heterocycles. The van der Waals surface area contributed by atoms with Gasteiger partial charge in [-0.25, -0.2) is 4.39 Å². The number of methoxy groups -OCH3 is 1. The molecule has 0 bridgehead atoms. The summed E-state index contributed by atoms with van der Waals surface area (Å²) >= 11 is 1.25. The molecule has 94 valence electrons. The first kappa shape index (κ1) is 13.8. The van der Waals surface area contributed by atoms with E-state index in [1.807, 2.05) is 0 Å². The Morgan fingerprint density at radius 2 is 2.24 bits per heavy atom. The van der Waals surface area contributed by atoms with Gasteiger partial charge in [0.05, 0.1) is 17.9 Å². The lowest BCUT2D eigenvalue weighted by Crippen LogP contribution is -2.13. The Kier molecular flexibility index (Phi) is 4.81.